The van der Waals surface area contributed by atoms with Gasteiger partial charge in [-0.15, -0.1) is 18.9 Å². The number of nitrogens with zero attached hydrogens (tertiary/aromatic N) is 6. The molecule has 2 N–H and O–H groups in total. The van der Waals surface area contributed by atoms with Gasteiger partial charge >= 0.3 is 5.97 Å². The number of anilines is 2. The van der Waals surface area contributed by atoms with Crippen molar-refractivity contribution in [3.05, 3.63) is 210 Å². The van der Waals surface area contributed by atoms with Crippen molar-refractivity contribution in [1.29, 1.82) is 0 Å². The molecule has 4 amide bonds. The van der Waals surface area contributed by atoms with Crippen molar-refractivity contribution in [3.8, 4) is 12.3 Å². The molecule has 0 saturated carbocycles. The average molecular weight is 1060 g/mol. The molecule has 4 unspecified atom stereocenters. The first-order valence-corrected chi connectivity index (χ1v) is 26.1. The maximum atomic E-state index is 13.8. The van der Waals surface area contributed by atoms with Gasteiger partial charge in [-0.3, -0.25) is 24.2 Å². The van der Waals surface area contributed by atoms with Gasteiger partial charge in [0.2, 0.25) is 11.8 Å². The maximum absolute atomic E-state index is 13.8. The van der Waals surface area contributed by atoms with Crippen molar-refractivity contribution in [1.82, 2.24) is 28.8 Å². The minimum Gasteiger partial charge on any atom is -0.461 e. The first-order chi connectivity index (χ1) is 37.5. The van der Waals surface area contributed by atoms with Crippen LogP contribution in [0.2, 0.25) is 0 Å². The Bertz CT molecular complexity index is 2940. The first kappa shape index (κ1) is 63.8. The summed E-state index contributed by atoms with van der Waals surface area (Å²) >= 11 is 0. The van der Waals surface area contributed by atoms with Crippen LogP contribution in [0.1, 0.15) is 130 Å². The summed E-state index contributed by atoms with van der Waals surface area (Å²) in [5.74, 6) is 0.147. The normalized spacial score (nSPS) is 15.5. The third kappa shape index (κ3) is 16.5. The third-order valence-corrected chi connectivity index (χ3v) is 13.0. The lowest BCUT2D eigenvalue weighted by Crippen LogP contribution is -2.43. The predicted octanol–water partition coefficient (Wildman–Crippen LogP) is 11.9. The molecule has 78 heavy (non-hydrogen) atoms. The van der Waals surface area contributed by atoms with Crippen molar-refractivity contribution in [2.45, 2.75) is 79.3 Å². The summed E-state index contributed by atoms with van der Waals surface area (Å²) in [6.07, 6.45) is 16.9. The monoisotopic (exact) mass is 1060 g/mol. The van der Waals surface area contributed by atoms with Crippen molar-refractivity contribution < 1.29 is 28.7 Å². The van der Waals surface area contributed by atoms with Gasteiger partial charge in [-0.25, -0.2) is 4.79 Å². The zero-order chi connectivity index (χ0) is 58.1. The number of carbonyl (C=O) groups excluding carboxylic acids is 5. The summed E-state index contributed by atoms with van der Waals surface area (Å²) in [5.41, 5.74) is 8.12. The molecule has 8 rings (SSSR count). The highest BCUT2D eigenvalue weighted by Crippen LogP contribution is 2.44. The Balaban J connectivity index is 0.000000350. The van der Waals surface area contributed by atoms with Gasteiger partial charge in [0.25, 0.3) is 11.8 Å². The molecule has 0 spiro atoms. The Kier molecular flexibility index (Phi) is 26.3. The molecule has 5 heterocycles. The highest BCUT2D eigenvalue weighted by Gasteiger charge is 2.44. The molecule has 0 saturated heterocycles. The summed E-state index contributed by atoms with van der Waals surface area (Å²) in [6.45, 7) is 28.6. The molecule has 0 fully saturated rings. The van der Waals surface area contributed by atoms with Gasteiger partial charge in [0.05, 0.1) is 41.4 Å². The van der Waals surface area contributed by atoms with Gasteiger partial charge < -0.3 is 39.2 Å². The fourth-order valence-electron chi connectivity index (χ4n) is 8.94. The van der Waals surface area contributed by atoms with Crippen molar-refractivity contribution in [3.63, 3.8) is 0 Å². The molecule has 14 nitrogen and oxygen atoms in total. The van der Waals surface area contributed by atoms with Crippen molar-refractivity contribution in [2.75, 3.05) is 51.0 Å². The molecule has 2 aliphatic rings. The number of benzene rings is 3. The minimum absolute atomic E-state index is 0.0764. The number of rotatable bonds is 13. The standard InChI is InChI=1S/C30H36N4O4.C22H22N4O2.C4H6.C3H6.C3H4.C2H6/c1-6-34(7-2)16-17-38-30(37)21-12-14-23(15-13-21)31-28(35)26-24-10-8-9-11-25(24)29(36)33(5)27(26)22-18-20(3)32(4)19-22;1-14-11-15(13-25(14)2)20-19(21(27)24-16-7-6-10-23-12-16)17-8-4-5-9-18(17)22(28)26(20)3;1-3-4-2;2*1-3-2;1-2/h8-15,18-19,26-27H,6-7,16-17H2,1-5H3,(H,31,35);4-13,19-20H,1-3H3,(H,24,27);3-4H,1-2H2;3H,1H2,2H3;1H,2H3;1-2H3. The fourth-order valence-corrected chi connectivity index (χ4v) is 8.94. The Labute approximate surface area is 463 Å². The van der Waals surface area contributed by atoms with E-state index < -0.39 is 23.8 Å². The van der Waals surface area contributed by atoms with Crippen LogP contribution >= 0.6 is 0 Å². The summed E-state index contributed by atoms with van der Waals surface area (Å²) < 4.78 is 9.40. The van der Waals surface area contributed by atoms with Gasteiger partial charge in [-0.2, -0.15) is 0 Å². The van der Waals surface area contributed by atoms with Crippen LogP contribution in [0.4, 0.5) is 11.4 Å². The van der Waals surface area contributed by atoms with Crippen LogP contribution in [-0.4, -0.2) is 98.8 Å². The number of fused-ring (bicyclic) bond motifs is 2. The number of aromatic nitrogens is 3. The van der Waals surface area contributed by atoms with Gasteiger partial charge in [-0.1, -0.05) is 95.5 Å². The second-order valence-corrected chi connectivity index (χ2v) is 18.0. The molecule has 412 valence electrons. The van der Waals surface area contributed by atoms with Crippen LogP contribution < -0.4 is 10.6 Å². The zero-order valence-corrected chi connectivity index (χ0v) is 47.7. The molecule has 2 aliphatic heterocycles. The number of esters is 1. The number of pyridine rings is 1. The van der Waals surface area contributed by atoms with E-state index in [1.54, 1.807) is 110 Å². The van der Waals surface area contributed by atoms with E-state index in [0.717, 1.165) is 41.2 Å². The smallest absolute Gasteiger partial charge is 0.338 e. The molecular formula is C64H80N8O6. The summed E-state index contributed by atoms with van der Waals surface area (Å²) in [7, 11) is 7.41. The van der Waals surface area contributed by atoms with E-state index in [9.17, 15) is 24.0 Å². The van der Waals surface area contributed by atoms with Gasteiger partial charge in [0.15, 0.2) is 0 Å². The highest BCUT2D eigenvalue weighted by molar-refractivity contribution is 6.05. The Hall–Kier alpha value is -8.54. The molecule has 0 bridgehead atoms. The molecule has 0 aliphatic carbocycles. The van der Waals surface area contributed by atoms with Gasteiger partial charge in [-0.05, 0) is 124 Å². The van der Waals surface area contributed by atoms with E-state index in [1.807, 2.05) is 119 Å². The number of ether oxygens (including phenoxy) is 1. The summed E-state index contributed by atoms with van der Waals surface area (Å²) in [5, 5.41) is 5.97. The highest BCUT2D eigenvalue weighted by atomic mass is 16.5. The van der Waals surface area contributed by atoms with E-state index in [0.29, 0.717) is 46.8 Å². The van der Waals surface area contributed by atoms with Crippen molar-refractivity contribution >= 4 is 41.0 Å². The minimum atomic E-state index is -0.611. The molecule has 6 aromatic rings. The molecule has 4 atom stereocenters. The van der Waals surface area contributed by atoms with E-state index >= 15 is 0 Å². The number of nitrogens with one attached hydrogen (secondary N) is 2. The number of aryl methyl sites for hydroxylation is 4. The number of hydrogen-bond donors (Lipinski definition) is 2. The van der Waals surface area contributed by atoms with Crippen LogP contribution in [0.5, 0.6) is 0 Å². The zero-order valence-electron chi connectivity index (χ0n) is 47.7. The van der Waals surface area contributed by atoms with E-state index in [-0.39, 0.29) is 29.7 Å². The molecule has 0 radical (unpaired) electrons. The molecular weight excluding hydrogens is 977 g/mol. The fraction of sp³-hybridized carbons (Fsp3) is 0.312. The largest absolute Gasteiger partial charge is 0.461 e. The number of carbonyl (C=O) groups is 5. The second kappa shape index (κ2) is 32.1. The summed E-state index contributed by atoms with van der Waals surface area (Å²) in [4.78, 5) is 75.4. The second-order valence-electron chi connectivity index (χ2n) is 18.0. The number of hydrogen-bond acceptors (Lipinski definition) is 8. The average Bonchev–Trinajstić information content (AvgIpc) is 4.09. The molecule has 3 aromatic heterocycles. The Morgan fingerprint density at radius 2 is 1.13 bits per heavy atom. The Morgan fingerprint density at radius 3 is 1.50 bits per heavy atom. The van der Waals surface area contributed by atoms with Gasteiger partial charge in [0.1, 0.15) is 6.61 Å². The van der Waals surface area contributed by atoms with E-state index in [2.05, 4.69) is 66.4 Å². The predicted molar refractivity (Wildman–Crippen MR) is 316 cm³/mol. The summed E-state index contributed by atoms with van der Waals surface area (Å²) in [6, 6.07) is 28.1. The Morgan fingerprint density at radius 1 is 0.705 bits per heavy atom. The molecule has 14 heteroatoms. The lowest BCUT2D eigenvalue weighted by molar-refractivity contribution is -0.119. The van der Waals surface area contributed by atoms with Crippen LogP contribution in [0.25, 0.3) is 0 Å². The number of terminal acetylenes is 1. The maximum Gasteiger partial charge on any atom is 0.338 e. The SMILES string of the molecule is C#CC.C=CC.C=CC=C.CC.CCN(CC)CCOC(=O)c1ccc(NC(=O)C2c3ccccc3C(=O)N(C)C2c2cc(C)n(C)c2)cc1.Cc1cc(C2C(C(=O)Nc3cccnc3)c3ccccc3C(=O)N2C)cn1C. The third-order valence-electron chi connectivity index (χ3n) is 13.0. The number of allylic oxidation sites excluding steroid dienone is 3. The topological polar surface area (TPSA) is 151 Å². The number of amides is 4. The van der Waals surface area contributed by atoms with Crippen LogP contribution in [0, 0.1) is 26.2 Å². The van der Waals surface area contributed by atoms with Crippen LogP contribution in [-0.2, 0) is 28.4 Å². The first-order valence-electron chi connectivity index (χ1n) is 26.1. The van der Waals surface area contributed by atoms with E-state index in [4.69, 9.17) is 4.74 Å². The van der Waals surface area contributed by atoms with E-state index in [1.165, 1.54) is 0 Å². The molecule has 3 aromatic carbocycles. The van der Waals surface area contributed by atoms with Crippen molar-refractivity contribution in [2.24, 2.45) is 14.1 Å². The quantitative estimate of drug-likeness (QED) is 0.0502. The lowest BCUT2D eigenvalue weighted by atomic mass is 9.80. The lowest BCUT2D eigenvalue weighted by Gasteiger charge is -2.39. The van der Waals surface area contributed by atoms with Gasteiger partial charge in [0, 0.05) is 81.5 Å². The van der Waals surface area contributed by atoms with Crippen LogP contribution in [0.15, 0.2) is 160 Å². The number of likely N-dealkylation sites (N-methyl/N-ethyl adjacent to an activating group) is 3. The van der Waals surface area contributed by atoms with Crippen LogP contribution in [0.3, 0.4) is 0 Å².